The summed E-state index contributed by atoms with van der Waals surface area (Å²) in [5, 5.41) is 25.7. The zero-order valence-electron chi connectivity index (χ0n) is 20.7. The summed E-state index contributed by atoms with van der Waals surface area (Å²) in [7, 11) is 0. The van der Waals surface area contributed by atoms with E-state index in [1.165, 1.54) is 4.57 Å². The Hall–Kier alpha value is -3.98. The van der Waals surface area contributed by atoms with Crippen LogP contribution in [0.25, 0.3) is 0 Å². The summed E-state index contributed by atoms with van der Waals surface area (Å²) >= 11 is 6.27. The molecule has 0 bridgehead atoms. The Labute approximate surface area is 219 Å². The van der Waals surface area contributed by atoms with Crippen LogP contribution in [-0.4, -0.2) is 33.4 Å². The molecule has 3 aromatic rings. The Morgan fingerprint density at radius 1 is 1.11 bits per heavy atom. The lowest BCUT2D eigenvalue weighted by Crippen LogP contribution is -2.36. The molecule has 3 rings (SSSR count). The number of halogens is 1. The van der Waals surface area contributed by atoms with Gasteiger partial charge in [-0.25, -0.2) is 4.79 Å². The van der Waals surface area contributed by atoms with E-state index in [0.29, 0.717) is 46.9 Å². The Morgan fingerprint density at radius 3 is 2.54 bits per heavy atom. The van der Waals surface area contributed by atoms with Crippen LogP contribution >= 0.6 is 11.6 Å². The molecule has 0 unspecified atom stereocenters. The van der Waals surface area contributed by atoms with E-state index < -0.39 is 30.0 Å². The summed E-state index contributed by atoms with van der Waals surface area (Å²) in [5.41, 5.74) is 0.776. The number of benzene rings is 2. The summed E-state index contributed by atoms with van der Waals surface area (Å²) in [5.74, 6) is -0.919. The summed E-state index contributed by atoms with van der Waals surface area (Å²) in [6.07, 6.45) is 2.32. The fourth-order valence-corrected chi connectivity index (χ4v) is 4.12. The highest BCUT2D eigenvalue weighted by Crippen LogP contribution is 2.27. The van der Waals surface area contributed by atoms with Crippen molar-refractivity contribution in [3.05, 3.63) is 86.8 Å². The average Bonchev–Trinajstić information content (AvgIpc) is 2.86. The molecule has 9 nitrogen and oxygen atoms in total. The van der Waals surface area contributed by atoms with Crippen LogP contribution in [0.2, 0.25) is 5.02 Å². The van der Waals surface area contributed by atoms with Gasteiger partial charge in [0.05, 0.1) is 25.6 Å². The maximum Gasteiger partial charge on any atom is 0.319 e. The number of aromatic nitrogens is 1. The van der Waals surface area contributed by atoms with Crippen LogP contribution in [-0.2, 0) is 17.8 Å². The van der Waals surface area contributed by atoms with Crippen molar-refractivity contribution in [1.82, 2.24) is 9.88 Å². The van der Waals surface area contributed by atoms with Crippen LogP contribution in [0, 0.1) is 0 Å². The Balaban J connectivity index is 1.92. The van der Waals surface area contributed by atoms with E-state index >= 15 is 0 Å². The molecule has 0 aliphatic rings. The van der Waals surface area contributed by atoms with Crippen LogP contribution in [0.15, 0.2) is 59.5 Å². The molecule has 1 heterocycles. The molecule has 37 heavy (non-hydrogen) atoms. The summed E-state index contributed by atoms with van der Waals surface area (Å²) in [6, 6.07) is 12.1. The quantitative estimate of drug-likeness (QED) is 0.279. The van der Waals surface area contributed by atoms with Crippen molar-refractivity contribution < 1.29 is 24.5 Å². The van der Waals surface area contributed by atoms with Gasteiger partial charge in [0.25, 0.3) is 5.56 Å². The number of pyridine rings is 1. The van der Waals surface area contributed by atoms with Gasteiger partial charge in [-0.3, -0.25) is 9.59 Å². The number of ether oxygens (including phenoxy) is 1. The van der Waals surface area contributed by atoms with Crippen LogP contribution in [0.5, 0.6) is 11.5 Å². The summed E-state index contributed by atoms with van der Waals surface area (Å²) < 4.78 is 6.85. The Kier molecular flexibility index (Phi) is 9.57. The second-order valence-electron chi connectivity index (χ2n) is 8.41. The number of aromatic hydroxyl groups is 1. The van der Waals surface area contributed by atoms with E-state index in [9.17, 15) is 24.6 Å². The fourth-order valence-electron chi connectivity index (χ4n) is 3.93. The van der Waals surface area contributed by atoms with Crippen molar-refractivity contribution in [1.29, 1.82) is 0 Å². The normalized spacial score (nSPS) is 11.5. The standard InChI is InChI=1S/C27H30ClN3O6/c1-3-8-19-16-31(15-18-9-5-6-12-21(18)28)26(35)24(25(19)34)30-27(36)29-22(14-23(32)33)17-10-7-11-20(13-17)37-4-2/h5-7,9-13,16,22,34H,3-4,8,14-15H2,1-2H3,(H,32,33)(H2,29,30,36)/t22-/m0/s1. The Bertz CT molecular complexity index is 1320. The van der Waals surface area contributed by atoms with Crippen molar-refractivity contribution in [2.45, 2.75) is 45.7 Å². The van der Waals surface area contributed by atoms with E-state index in [1.54, 1.807) is 54.7 Å². The number of carbonyl (C=O) groups excluding carboxylic acids is 1. The smallest absolute Gasteiger partial charge is 0.319 e. The van der Waals surface area contributed by atoms with E-state index in [1.807, 2.05) is 13.8 Å². The highest BCUT2D eigenvalue weighted by molar-refractivity contribution is 6.31. The number of carbonyl (C=O) groups is 2. The van der Waals surface area contributed by atoms with Gasteiger partial charge in [-0.05, 0) is 42.7 Å². The van der Waals surface area contributed by atoms with E-state index in [2.05, 4.69) is 10.6 Å². The number of nitrogens with one attached hydrogen (secondary N) is 2. The van der Waals surface area contributed by atoms with Crippen molar-refractivity contribution in [3.63, 3.8) is 0 Å². The molecule has 0 fully saturated rings. The SMILES string of the molecule is CCCc1cn(Cc2ccccc2Cl)c(=O)c(NC(=O)N[C@@H](CC(=O)O)c2cccc(OCC)c2)c1O. The predicted molar refractivity (Wildman–Crippen MR) is 142 cm³/mol. The number of hydrogen-bond donors (Lipinski definition) is 4. The number of aryl methyl sites for hydroxylation is 1. The van der Waals surface area contributed by atoms with Crippen molar-refractivity contribution in [2.24, 2.45) is 0 Å². The van der Waals surface area contributed by atoms with Crippen LogP contribution < -0.4 is 20.9 Å². The zero-order valence-corrected chi connectivity index (χ0v) is 21.4. The lowest BCUT2D eigenvalue weighted by atomic mass is 10.0. The molecule has 196 valence electrons. The highest BCUT2D eigenvalue weighted by Gasteiger charge is 2.22. The van der Waals surface area contributed by atoms with Crippen LogP contribution in [0.3, 0.4) is 0 Å². The molecular formula is C27H30ClN3O6. The first kappa shape index (κ1) is 27.6. The number of amides is 2. The number of carboxylic acid groups (broad SMARTS) is 1. The van der Waals surface area contributed by atoms with Gasteiger partial charge in [0, 0.05) is 16.8 Å². The lowest BCUT2D eigenvalue weighted by Gasteiger charge is -2.20. The molecular weight excluding hydrogens is 498 g/mol. The molecule has 0 saturated carbocycles. The minimum absolute atomic E-state index is 0.137. The average molecular weight is 528 g/mol. The molecule has 1 aromatic heterocycles. The first-order valence-electron chi connectivity index (χ1n) is 11.9. The molecule has 2 aromatic carbocycles. The molecule has 10 heteroatoms. The van der Waals surface area contributed by atoms with Crippen LogP contribution in [0.1, 0.15) is 49.4 Å². The molecule has 0 spiro atoms. The van der Waals surface area contributed by atoms with E-state index in [0.717, 1.165) is 0 Å². The predicted octanol–water partition coefficient (Wildman–Crippen LogP) is 4.94. The number of anilines is 1. The topological polar surface area (TPSA) is 130 Å². The number of nitrogens with zero attached hydrogens (tertiary/aromatic N) is 1. The van der Waals surface area contributed by atoms with Gasteiger partial charge in [-0.1, -0.05) is 55.3 Å². The maximum absolute atomic E-state index is 13.3. The Morgan fingerprint density at radius 2 is 1.86 bits per heavy atom. The molecule has 0 saturated heterocycles. The molecule has 4 N–H and O–H groups in total. The number of aliphatic carboxylic acids is 1. The number of hydrogen-bond acceptors (Lipinski definition) is 5. The summed E-state index contributed by atoms with van der Waals surface area (Å²) in [4.78, 5) is 37.7. The van der Waals surface area contributed by atoms with Gasteiger partial charge in [0.2, 0.25) is 0 Å². The maximum atomic E-state index is 13.3. The van der Waals surface area contributed by atoms with Gasteiger partial charge in [0.15, 0.2) is 5.69 Å². The van der Waals surface area contributed by atoms with Gasteiger partial charge >= 0.3 is 12.0 Å². The second-order valence-corrected chi connectivity index (χ2v) is 8.81. The van der Waals surface area contributed by atoms with Gasteiger partial charge < -0.3 is 30.2 Å². The van der Waals surface area contributed by atoms with Gasteiger partial charge in [-0.15, -0.1) is 0 Å². The second kappa shape index (κ2) is 12.8. The first-order chi connectivity index (χ1) is 17.7. The third kappa shape index (κ3) is 7.27. The molecule has 1 atom stereocenters. The zero-order chi connectivity index (χ0) is 26.9. The fraction of sp³-hybridized carbons (Fsp3) is 0.296. The highest BCUT2D eigenvalue weighted by atomic mass is 35.5. The van der Waals surface area contributed by atoms with Crippen molar-refractivity contribution in [2.75, 3.05) is 11.9 Å². The minimum Gasteiger partial charge on any atom is -0.505 e. The van der Waals surface area contributed by atoms with E-state index in [-0.39, 0.29) is 18.0 Å². The molecule has 2 amide bonds. The number of rotatable bonds is 11. The largest absolute Gasteiger partial charge is 0.505 e. The molecule has 0 aliphatic heterocycles. The summed E-state index contributed by atoms with van der Waals surface area (Å²) in [6.45, 7) is 4.31. The molecule has 0 radical (unpaired) electrons. The van der Waals surface area contributed by atoms with Crippen molar-refractivity contribution in [3.8, 4) is 11.5 Å². The van der Waals surface area contributed by atoms with Crippen molar-refractivity contribution >= 4 is 29.3 Å². The van der Waals surface area contributed by atoms with Crippen LogP contribution in [0.4, 0.5) is 10.5 Å². The number of carboxylic acids is 1. The first-order valence-corrected chi connectivity index (χ1v) is 12.3. The van der Waals surface area contributed by atoms with Gasteiger partial charge in [-0.2, -0.15) is 0 Å². The van der Waals surface area contributed by atoms with E-state index in [4.69, 9.17) is 16.3 Å². The minimum atomic E-state index is -1.12. The molecule has 0 aliphatic carbocycles. The van der Waals surface area contributed by atoms with Gasteiger partial charge in [0.1, 0.15) is 11.5 Å². The third-order valence-corrected chi connectivity index (χ3v) is 6.01. The lowest BCUT2D eigenvalue weighted by molar-refractivity contribution is -0.137. The number of urea groups is 1. The monoisotopic (exact) mass is 527 g/mol. The third-order valence-electron chi connectivity index (χ3n) is 5.64.